The summed E-state index contributed by atoms with van der Waals surface area (Å²) in [4.78, 5) is 25.1. The molecule has 1 atom stereocenters. The Hall–Kier alpha value is -2.46. The van der Waals surface area contributed by atoms with Crippen molar-refractivity contribution in [3.8, 4) is 0 Å². The first kappa shape index (κ1) is 18.3. The summed E-state index contributed by atoms with van der Waals surface area (Å²) in [5.74, 6) is -0.793. The van der Waals surface area contributed by atoms with E-state index in [1.165, 1.54) is 0 Å². The molecule has 1 aliphatic heterocycles. The predicted molar refractivity (Wildman–Crippen MR) is 102 cm³/mol. The van der Waals surface area contributed by atoms with Crippen molar-refractivity contribution in [1.82, 2.24) is 0 Å². The molecular formula is C22H25NO3. The second-order valence-corrected chi connectivity index (χ2v) is 7.98. The molecule has 0 radical (unpaired) electrons. The first-order chi connectivity index (χ1) is 12.1. The minimum absolute atomic E-state index is 0.000606. The topological polar surface area (TPSA) is 66.4 Å². The van der Waals surface area contributed by atoms with Gasteiger partial charge in [-0.1, -0.05) is 64.1 Å². The Morgan fingerprint density at radius 1 is 1.12 bits per heavy atom. The Morgan fingerprint density at radius 3 is 2.35 bits per heavy atom. The Bertz CT molecular complexity index is 862. The van der Waals surface area contributed by atoms with Crippen molar-refractivity contribution in [2.45, 2.75) is 51.6 Å². The summed E-state index contributed by atoms with van der Waals surface area (Å²) in [5, 5.41) is 13.7. The van der Waals surface area contributed by atoms with Gasteiger partial charge in [0.25, 0.3) is 5.91 Å². The van der Waals surface area contributed by atoms with Crippen molar-refractivity contribution in [3.63, 3.8) is 0 Å². The van der Waals surface area contributed by atoms with Crippen LogP contribution in [0.2, 0.25) is 0 Å². The number of hydrogen-bond acceptors (Lipinski definition) is 3. The van der Waals surface area contributed by atoms with Gasteiger partial charge in [0.2, 0.25) is 0 Å². The van der Waals surface area contributed by atoms with E-state index in [0.717, 1.165) is 17.5 Å². The van der Waals surface area contributed by atoms with Crippen LogP contribution >= 0.6 is 0 Å². The Morgan fingerprint density at radius 2 is 1.77 bits per heavy atom. The molecule has 2 aromatic carbocycles. The van der Waals surface area contributed by atoms with Gasteiger partial charge >= 0.3 is 0 Å². The van der Waals surface area contributed by atoms with Crippen LogP contribution in [-0.2, 0) is 22.2 Å². The lowest BCUT2D eigenvalue weighted by atomic mass is 9.84. The molecule has 26 heavy (non-hydrogen) atoms. The molecule has 2 aromatic rings. The molecule has 136 valence electrons. The van der Waals surface area contributed by atoms with Crippen molar-refractivity contribution in [2.75, 3.05) is 5.32 Å². The Balaban J connectivity index is 1.89. The fourth-order valence-electron chi connectivity index (χ4n) is 3.28. The summed E-state index contributed by atoms with van der Waals surface area (Å²) in [6.45, 7) is 8.33. The molecule has 1 heterocycles. The Labute approximate surface area is 154 Å². The fourth-order valence-corrected chi connectivity index (χ4v) is 3.28. The van der Waals surface area contributed by atoms with Crippen LogP contribution in [0.15, 0.2) is 42.5 Å². The molecule has 0 unspecified atom stereocenters. The van der Waals surface area contributed by atoms with Crippen LogP contribution in [0.4, 0.5) is 5.69 Å². The van der Waals surface area contributed by atoms with E-state index >= 15 is 0 Å². The number of anilines is 1. The lowest BCUT2D eigenvalue weighted by Crippen LogP contribution is -2.36. The molecule has 0 spiro atoms. The molecule has 0 saturated heterocycles. The van der Waals surface area contributed by atoms with Crippen molar-refractivity contribution >= 4 is 17.4 Å². The van der Waals surface area contributed by atoms with E-state index in [1.807, 2.05) is 31.2 Å². The van der Waals surface area contributed by atoms with E-state index in [-0.39, 0.29) is 17.6 Å². The monoisotopic (exact) mass is 351 g/mol. The number of aryl methyl sites for hydroxylation is 1. The number of carbonyl (C=O) groups is 2. The second-order valence-electron chi connectivity index (χ2n) is 7.98. The molecule has 0 aromatic heterocycles. The number of Topliss-reactive ketones (excluding diaryl/α,β-unsaturated/α-hetero) is 1. The lowest BCUT2D eigenvalue weighted by molar-refractivity contribution is -0.133. The van der Waals surface area contributed by atoms with Crippen molar-refractivity contribution in [3.05, 3.63) is 64.7 Å². The van der Waals surface area contributed by atoms with Crippen molar-refractivity contribution < 1.29 is 14.7 Å². The van der Waals surface area contributed by atoms with Gasteiger partial charge < -0.3 is 10.4 Å². The third kappa shape index (κ3) is 3.17. The van der Waals surface area contributed by atoms with E-state index in [9.17, 15) is 14.7 Å². The van der Waals surface area contributed by atoms with Gasteiger partial charge in [-0.05, 0) is 29.0 Å². The van der Waals surface area contributed by atoms with Crippen LogP contribution in [0, 0.1) is 0 Å². The largest absolute Gasteiger partial charge is 0.375 e. The standard InChI is InChI=1S/C22H25NO3/c1-5-14-6-11-18-17(12-14)22(26,20(25)23-18)13-19(24)15-7-9-16(10-8-15)21(2,3)4/h6-12,26H,5,13H2,1-4H3,(H,23,25)/t22-/m1/s1. The summed E-state index contributed by atoms with van der Waals surface area (Å²) in [6.07, 6.45) is 0.521. The van der Waals surface area contributed by atoms with E-state index in [1.54, 1.807) is 18.2 Å². The maximum atomic E-state index is 12.7. The number of benzene rings is 2. The molecule has 1 amide bonds. The molecule has 4 heteroatoms. The van der Waals surface area contributed by atoms with Crippen LogP contribution in [0.3, 0.4) is 0 Å². The molecule has 2 N–H and O–H groups in total. The SMILES string of the molecule is CCc1ccc2c(c1)[C@](O)(CC(=O)c1ccc(C(C)(C)C)cc1)C(=O)N2. The van der Waals surface area contributed by atoms with Crippen LogP contribution in [0.5, 0.6) is 0 Å². The molecule has 1 aliphatic rings. The number of amides is 1. The molecule has 0 saturated carbocycles. The number of aliphatic hydroxyl groups is 1. The van der Waals surface area contributed by atoms with E-state index < -0.39 is 11.5 Å². The van der Waals surface area contributed by atoms with Gasteiger partial charge in [-0.2, -0.15) is 0 Å². The molecule has 0 fully saturated rings. The first-order valence-corrected chi connectivity index (χ1v) is 8.96. The van der Waals surface area contributed by atoms with Crippen LogP contribution in [0.1, 0.15) is 61.2 Å². The first-order valence-electron chi connectivity index (χ1n) is 8.96. The third-order valence-corrected chi connectivity index (χ3v) is 5.05. The number of fused-ring (bicyclic) bond motifs is 1. The summed E-state index contributed by atoms with van der Waals surface area (Å²) in [7, 11) is 0. The third-order valence-electron chi connectivity index (χ3n) is 5.05. The molecule has 4 nitrogen and oxygen atoms in total. The number of hydrogen-bond donors (Lipinski definition) is 2. The number of rotatable bonds is 4. The average Bonchev–Trinajstić information content (AvgIpc) is 2.84. The summed E-state index contributed by atoms with van der Waals surface area (Å²) in [5.41, 5.74) is 1.89. The van der Waals surface area contributed by atoms with Gasteiger partial charge in [-0.3, -0.25) is 9.59 Å². The maximum Gasteiger partial charge on any atom is 0.261 e. The molecule has 0 bridgehead atoms. The van der Waals surface area contributed by atoms with Gasteiger partial charge in [-0.25, -0.2) is 0 Å². The Kier molecular flexibility index (Phi) is 4.49. The highest BCUT2D eigenvalue weighted by Gasteiger charge is 2.46. The number of carbonyl (C=O) groups excluding carboxylic acids is 2. The highest BCUT2D eigenvalue weighted by atomic mass is 16.3. The minimum atomic E-state index is -1.82. The van der Waals surface area contributed by atoms with E-state index in [2.05, 4.69) is 26.1 Å². The summed E-state index contributed by atoms with van der Waals surface area (Å²) in [6, 6.07) is 12.9. The summed E-state index contributed by atoms with van der Waals surface area (Å²) >= 11 is 0. The van der Waals surface area contributed by atoms with Crippen molar-refractivity contribution in [2.24, 2.45) is 0 Å². The van der Waals surface area contributed by atoms with Gasteiger partial charge in [0, 0.05) is 16.8 Å². The summed E-state index contributed by atoms with van der Waals surface area (Å²) < 4.78 is 0. The average molecular weight is 351 g/mol. The normalized spacial score (nSPS) is 19.2. The fraction of sp³-hybridized carbons (Fsp3) is 0.364. The van der Waals surface area contributed by atoms with Crippen LogP contribution in [0.25, 0.3) is 0 Å². The van der Waals surface area contributed by atoms with Gasteiger partial charge in [0.15, 0.2) is 11.4 Å². The second kappa shape index (κ2) is 6.36. The molecule has 0 aliphatic carbocycles. The minimum Gasteiger partial charge on any atom is -0.375 e. The molecular weight excluding hydrogens is 326 g/mol. The number of nitrogens with one attached hydrogen (secondary N) is 1. The van der Waals surface area contributed by atoms with Crippen molar-refractivity contribution in [1.29, 1.82) is 0 Å². The molecule has 3 rings (SSSR count). The highest BCUT2D eigenvalue weighted by Crippen LogP contribution is 2.39. The quantitative estimate of drug-likeness (QED) is 0.820. The smallest absolute Gasteiger partial charge is 0.261 e. The van der Waals surface area contributed by atoms with Crippen LogP contribution in [-0.4, -0.2) is 16.8 Å². The highest BCUT2D eigenvalue weighted by molar-refractivity contribution is 6.09. The zero-order chi connectivity index (χ0) is 19.1. The predicted octanol–water partition coefficient (Wildman–Crippen LogP) is 3.96. The lowest BCUT2D eigenvalue weighted by Gasteiger charge is -2.21. The number of ketones is 1. The van der Waals surface area contributed by atoms with Gasteiger partial charge in [0.1, 0.15) is 0 Å². The maximum absolute atomic E-state index is 12.7. The van der Waals surface area contributed by atoms with Gasteiger partial charge in [0.05, 0.1) is 6.42 Å². The van der Waals surface area contributed by atoms with E-state index in [0.29, 0.717) is 16.8 Å². The van der Waals surface area contributed by atoms with Gasteiger partial charge in [-0.15, -0.1) is 0 Å². The zero-order valence-corrected chi connectivity index (χ0v) is 15.7. The van der Waals surface area contributed by atoms with E-state index in [4.69, 9.17) is 0 Å². The van der Waals surface area contributed by atoms with Crippen LogP contribution < -0.4 is 5.32 Å². The zero-order valence-electron chi connectivity index (χ0n) is 15.7.